The number of nitrogens with zero attached hydrogens (tertiary/aromatic N) is 5. The standard InChI is InChI=1S/C22H27FN8O/c1-13-5-4-10-31(13)22(32)27-15-7-2-6-14(11-15)26-20-17(23)12-25-21(28-20)18-16-8-3-9-24-19(16)30-29-18/h3,8-9,12-15H,2,4-7,10-11H2,1H3,(H,27,32)(H,24,29,30)(H,25,26,28)/t13-,14?,15+/m0/s1. The highest BCUT2D eigenvalue weighted by Gasteiger charge is 2.29. The summed E-state index contributed by atoms with van der Waals surface area (Å²) in [7, 11) is 0. The molecule has 4 heterocycles. The van der Waals surface area contributed by atoms with Crippen LogP contribution in [0.5, 0.6) is 0 Å². The molecule has 2 fully saturated rings. The summed E-state index contributed by atoms with van der Waals surface area (Å²) in [5.41, 5.74) is 1.16. The molecule has 3 atom stereocenters. The van der Waals surface area contributed by atoms with E-state index >= 15 is 0 Å². The molecule has 3 aromatic rings. The number of carbonyl (C=O) groups is 1. The maximum Gasteiger partial charge on any atom is 0.317 e. The molecule has 0 bridgehead atoms. The highest BCUT2D eigenvalue weighted by Crippen LogP contribution is 2.27. The number of likely N-dealkylation sites (tertiary alicyclic amines) is 1. The summed E-state index contributed by atoms with van der Waals surface area (Å²) in [4.78, 5) is 27.3. The van der Waals surface area contributed by atoms with E-state index in [9.17, 15) is 9.18 Å². The Morgan fingerprint density at radius 2 is 2.09 bits per heavy atom. The zero-order valence-electron chi connectivity index (χ0n) is 18.0. The molecular formula is C22H27FN8O. The molecule has 0 spiro atoms. The third-order valence-corrected chi connectivity index (χ3v) is 6.45. The van der Waals surface area contributed by atoms with Crippen LogP contribution in [-0.4, -0.2) is 60.8 Å². The number of aromatic amines is 1. The fraction of sp³-hybridized carbons (Fsp3) is 0.500. The normalized spacial score (nSPS) is 23.4. The Hall–Kier alpha value is -3.30. The van der Waals surface area contributed by atoms with Gasteiger partial charge in [0.15, 0.2) is 23.1 Å². The van der Waals surface area contributed by atoms with Crippen LogP contribution in [0.1, 0.15) is 45.4 Å². The van der Waals surface area contributed by atoms with Gasteiger partial charge in [0.2, 0.25) is 0 Å². The van der Waals surface area contributed by atoms with Crippen LogP contribution in [0.4, 0.5) is 15.0 Å². The van der Waals surface area contributed by atoms with Crippen molar-refractivity contribution in [2.24, 2.45) is 0 Å². The van der Waals surface area contributed by atoms with Crippen molar-refractivity contribution in [1.82, 2.24) is 35.4 Å². The van der Waals surface area contributed by atoms with Crippen LogP contribution in [-0.2, 0) is 0 Å². The van der Waals surface area contributed by atoms with Crippen molar-refractivity contribution in [3.05, 3.63) is 30.3 Å². The highest BCUT2D eigenvalue weighted by atomic mass is 19.1. The summed E-state index contributed by atoms with van der Waals surface area (Å²) in [5.74, 6) is 0.00705. The Morgan fingerprint density at radius 1 is 1.22 bits per heavy atom. The number of amides is 2. The molecule has 2 amide bonds. The third-order valence-electron chi connectivity index (χ3n) is 6.45. The predicted molar refractivity (Wildman–Crippen MR) is 118 cm³/mol. The summed E-state index contributed by atoms with van der Waals surface area (Å²) in [6.45, 7) is 2.90. The van der Waals surface area contributed by atoms with E-state index in [0.29, 0.717) is 17.2 Å². The monoisotopic (exact) mass is 438 g/mol. The van der Waals surface area contributed by atoms with Crippen LogP contribution in [0.3, 0.4) is 0 Å². The number of rotatable bonds is 4. The Morgan fingerprint density at radius 3 is 2.94 bits per heavy atom. The second-order valence-electron chi connectivity index (χ2n) is 8.70. The lowest BCUT2D eigenvalue weighted by atomic mass is 9.91. The molecule has 1 saturated carbocycles. The highest BCUT2D eigenvalue weighted by molar-refractivity contribution is 5.88. The molecule has 1 unspecified atom stereocenters. The molecule has 1 aliphatic heterocycles. The number of hydrogen-bond acceptors (Lipinski definition) is 6. The molecule has 0 aromatic carbocycles. The summed E-state index contributed by atoms with van der Waals surface area (Å²) >= 11 is 0. The first kappa shape index (κ1) is 20.6. The van der Waals surface area contributed by atoms with Crippen molar-refractivity contribution in [3.63, 3.8) is 0 Å². The first-order valence-electron chi connectivity index (χ1n) is 11.2. The second-order valence-corrected chi connectivity index (χ2v) is 8.70. The van der Waals surface area contributed by atoms with Gasteiger partial charge in [0.05, 0.1) is 6.20 Å². The van der Waals surface area contributed by atoms with E-state index in [1.165, 1.54) is 6.20 Å². The fourth-order valence-corrected chi connectivity index (χ4v) is 4.75. The summed E-state index contributed by atoms with van der Waals surface area (Å²) < 4.78 is 14.5. The van der Waals surface area contributed by atoms with Crippen LogP contribution >= 0.6 is 0 Å². The molecular weight excluding hydrogens is 411 g/mol. The van der Waals surface area contributed by atoms with Crippen LogP contribution < -0.4 is 10.6 Å². The van der Waals surface area contributed by atoms with Crippen molar-refractivity contribution in [2.75, 3.05) is 11.9 Å². The van der Waals surface area contributed by atoms with Gasteiger partial charge in [-0.25, -0.2) is 24.1 Å². The molecule has 1 saturated heterocycles. The predicted octanol–water partition coefficient (Wildman–Crippen LogP) is 3.47. The van der Waals surface area contributed by atoms with Crippen molar-refractivity contribution in [3.8, 4) is 11.5 Å². The minimum atomic E-state index is -0.507. The van der Waals surface area contributed by atoms with E-state index in [1.54, 1.807) is 6.20 Å². The van der Waals surface area contributed by atoms with Crippen molar-refractivity contribution < 1.29 is 9.18 Å². The number of aromatic nitrogens is 5. The third kappa shape index (κ3) is 4.09. The van der Waals surface area contributed by atoms with Gasteiger partial charge < -0.3 is 15.5 Å². The molecule has 0 radical (unpaired) electrons. The Bertz CT molecular complexity index is 1120. The van der Waals surface area contributed by atoms with Gasteiger partial charge >= 0.3 is 6.03 Å². The Balaban J connectivity index is 1.28. The number of fused-ring (bicyclic) bond motifs is 1. The molecule has 3 N–H and O–H groups in total. The maximum atomic E-state index is 14.5. The largest absolute Gasteiger partial charge is 0.365 e. The molecule has 3 aromatic heterocycles. The summed E-state index contributed by atoms with van der Waals surface area (Å²) in [6, 6.07) is 4.06. The van der Waals surface area contributed by atoms with E-state index in [0.717, 1.165) is 50.5 Å². The van der Waals surface area contributed by atoms with Gasteiger partial charge in [-0.3, -0.25) is 5.10 Å². The quantitative estimate of drug-likeness (QED) is 0.575. The van der Waals surface area contributed by atoms with Gasteiger partial charge in [0.1, 0.15) is 5.69 Å². The topological polar surface area (TPSA) is 112 Å². The average Bonchev–Trinajstić information content (AvgIpc) is 3.42. The molecule has 5 rings (SSSR count). The Kier molecular flexibility index (Phi) is 5.59. The van der Waals surface area contributed by atoms with Gasteiger partial charge in [-0.05, 0) is 57.6 Å². The minimum absolute atomic E-state index is 0.0101. The number of H-pyrrole nitrogens is 1. The van der Waals surface area contributed by atoms with E-state index in [4.69, 9.17) is 0 Å². The van der Waals surface area contributed by atoms with Gasteiger partial charge in [0.25, 0.3) is 0 Å². The number of halogens is 1. The number of carbonyl (C=O) groups excluding carboxylic acids is 1. The first-order valence-corrected chi connectivity index (χ1v) is 11.2. The SMILES string of the molecule is C[C@H]1CCCN1C(=O)N[C@@H]1CCCC(Nc2nc(-c3[nH]nc4ncccc34)ncc2F)C1. The molecule has 2 aliphatic rings. The number of nitrogens with one attached hydrogen (secondary N) is 3. The lowest BCUT2D eigenvalue weighted by Gasteiger charge is -2.32. The summed E-state index contributed by atoms with van der Waals surface area (Å²) in [6.07, 6.45) is 8.44. The van der Waals surface area contributed by atoms with Crippen LogP contribution in [0.25, 0.3) is 22.6 Å². The fourth-order valence-electron chi connectivity index (χ4n) is 4.75. The maximum absolute atomic E-state index is 14.5. The van der Waals surface area contributed by atoms with Crippen LogP contribution in [0.2, 0.25) is 0 Å². The van der Waals surface area contributed by atoms with Crippen molar-refractivity contribution in [1.29, 1.82) is 0 Å². The average molecular weight is 439 g/mol. The van der Waals surface area contributed by atoms with E-state index in [1.807, 2.05) is 17.0 Å². The number of pyridine rings is 1. The Labute approximate surface area is 185 Å². The molecule has 10 heteroatoms. The van der Waals surface area contributed by atoms with E-state index in [-0.39, 0.29) is 30.0 Å². The number of urea groups is 1. The van der Waals surface area contributed by atoms with Gasteiger partial charge in [-0.1, -0.05) is 0 Å². The van der Waals surface area contributed by atoms with Crippen LogP contribution in [0, 0.1) is 5.82 Å². The number of anilines is 1. The van der Waals surface area contributed by atoms with Crippen LogP contribution in [0.15, 0.2) is 24.5 Å². The van der Waals surface area contributed by atoms with E-state index < -0.39 is 5.82 Å². The smallest absolute Gasteiger partial charge is 0.317 e. The second kappa shape index (κ2) is 8.68. The van der Waals surface area contributed by atoms with Gasteiger partial charge in [-0.15, -0.1) is 0 Å². The lowest BCUT2D eigenvalue weighted by molar-refractivity contribution is 0.187. The van der Waals surface area contributed by atoms with Gasteiger partial charge in [-0.2, -0.15) is 5.10 Å². The zero-order chi connectivity index (χ0) is 22.1. The molecule has 32 heavy (non-hydrogen) atoms. The minimum Gasteiger partial charge on any atom is -0.365 e. The first-order chi connectivity index (χ1) is 15.6. The molecule has 1 aliphatic carbocycles. The lowest BCUT2D eigenvalue weighted by Crippen LogP contribution is -2.48. The van der Waals surface area contributed by atoms with Gasteiger partial charge in [0, 0.05) is 36.3 Å². The molecule has 9 nitrogen and oxygen atoms in total. The summed E-state index contributed by atoms with van der Waals surface area (Å²) in [5, 5.41) is 14.3. The van der Waals surface area contributed by atoms with E-state index in [2.05, 4.69) is 42.7 Å². The zero-order valence-corrected chi connectivity index (χ0v) is 18.0. The van der Waals surface area contributed by atoms with Crippen molar-refractivity contribution >= 4 is 22.9 Å². The number of hydrogen-bond donors (Lipinski definition) is 3. The molecule has 168 valence electrons. The van der Waals surface area contributed by atoms with Crippen molar-refractivity contribution in [2.45, 2.75) is 63.6 Å².